The van der Waals surface area contributed by atoms with Gasteiger partial charge in [-0.05, 0) is 56.1 Å². The Labute approximate surface area is 177 Å². The number of aliphatic hydroxyl groups excluding tert-OH is 1. The quantitative estimate of drug-likeness (QED) is 0.734. The van der Waals surface area contributed by atoms with Crippen LogP contribution in [0.3, 0.4) is 0 Å². The van der Waals surface area contributed by atoms with Gasteiger partial charge in [0.05, 0.1) is 6.10 Å². The van der Waals surface area contributed by atoms with Crippen molar-refractivity contribution < 1.29 is 29.3 Å². The molecular weight excluding hydrogens is 384 g/mol. The highest BCUT2D eigenvalue weighted by molar-refractivity contribution is 6.01. The van der Waals surface area contributed by atoms with Gasteiger partial charge in [0.2, 0.25) is 0 Å². The summed E-state index contributed by atoms with van der Waals surface area (Å²) in [6.07, 6.45) is 7.90. The number of allylic oxidation sites excluding steroid dienone is 4. The van der Waals surface area contributed by atoms with Crippen molar-refractivity contribution in [2.45, 2.75) is 83.4 Å². The van der Waals surface area contributed by atoms with Crippen molar-refractivity contribution in [3.63, 3.8) is 0 Å². The molecule has 0 aromatic heterocycles. The predicted molar refractivity (Wildman–Crippen MR) is 108 cm³/mol. The molecule has 0 unspecified atom stereocenters. The number of fused-ring (bicyclic) bond motifs is 7. The third kappa shape index (κ3) is 2.36. The summed E-state index contributed by atoms with van der Waals surface area (Å²) in [6, 6.07) is 0. The Balaban J connectivity index is 1.55. The van der Waals surface area contributed by atoms with E-state index in [9.17, 15) is 19.8 Å². The van der Waals surface area contributed by atoms with Gasteiger partial charge in [0, 0.05) is 16.7 Å². The molecule has 3 saturated carbocycles. The minimum absolute atomic E-state index is 0.0139. The Morgan fingerprint density at radius 2 is 2.10 bits per heavy atom. The number of carboxylic acid groups (broad SMARTS) is 1. The highest BCUT2D eigenvalue weighted by atomic mass is 16.7. The molecule has 6 nitrogen and oxygen atoms in total. The number of hydrogen-bond acceptors (Lipinski definition) is 5. The molecule has 0 spiro atoms. The van der Waals surface area contributed by atoms with Crippen LogP contribution in [-0.2, 0) is 19.1 Å². The van der Waals surface area contributed by atoms with Crippen molar-refractivity contribution in [2.24, 2.45) is 28.6 Å². The second kappa shape index (κ2) is 6.50. The summed E-state index contributed by atoms with van der Waals surface area (Å²) in [4.78, 5) is 24.6. The lowest BCUT2D eigenvalue weighted by Gasteiger charge is -2.59. The second-order valence-electron chi connectivity index (χ2n) is 10.4. The van der Waals surface area contributed by atoms with Crippen LogP contribution in [-0.4, -0.2) is 46.1 Å². The first-order valence-corrected chi connectivity index (χ1v) is 11.4. The van der Waals surface area contributed by atoms with E-state index in [1.165, 1.54) is 0 Å². The van der Waals surface area contributed by atoms with Crippen LogP contribution in [0.1, 0.15) is 59.3 Å². The Kier molecular flexibility index (Phi) is 4.42. The summed E-state index contributed by atoms with van der Waals surface area (Å²) >= 11 is 0. The average Bonchev–Trinajstić information content (AvgIpc) is 3.15. The molecule has 4 aliphatic carbocycles. The molecule has 9 atom stereocenters. The molecule has 1 heterocycles. The highest BCUT2D eigenvalue weighted by Gasteiger charge is 2.76. The molecule has 4 fully saturated rings. The number of carbonyl (C=O) groups is 2. The zero-order chi connectivity index (χ0) is 21.5. The highest BCUT2D eigenvalue weighted by Crippen LogP contribution is 2.69. The van der Waals surface area contributed by atoms with Crippen molar-refractivity contribution >= 4 is 11.8 Å². The van der Waals surface area contributed by atoms with E-state index < -0.39 is 35.5 Å². The molecule has 0 aromatic carbocycles. The molecule has 6 heteroatoms. The van der Waals surface area contributed by atoms with Crippen LogP contribution >= 0.6 is 0 Å². The standard InChI is InChI=1S/C24H32O6/c1-4-5-19-29-18-11-16-15-7-6-13-10-14(25)8-9-22(13,2)20(15)17(26)12-23(16,3)24(18,30-19)21(27)28/h8-10,15-20,26H,4-7,11-12H2,1-3H3,(H,27,28)/t15-,16+,17+,18-,19-,20-,22-,23-,24-/m0/s1. The summed E-state index contributed by atoms with van der Waals surface area (Å²) in [6.45, 7) is 6.15. The summed E-state index contributed by atoms with van der Waals surface area (Å²) in [5.41, 5.74) is -1.37. The SMILES string of the molecule is CCC[C@H]1O[C@H]2C[C@@H]3[C@@H]4CCC5=CC(=O)C=C[C@]5(C)[C@@H]4[C@H](O)C[C@]3(C)[C@]2(C(=O)O)O1. The number of carbonyl (C=O) groups excluding carboxylic acids is 1. The molecule has 0 bridgehead atoms. The smallest absolute Gasteiger partial charge is 0.339 e. The van der Waals surface area contributed by atoms with E-state index in [-0.39, 0.29) is 29.0 Å². The van der Waals surface area contributed by atoms with Gasteiger partial charge in [0.15, 0.2) is 17.7 Å². The number of carboxylic acids is 1. The van der Waals surface area contributed by atoms with Gasteiger partial charge in [-0.15, -0.1) is 0 Å². The van der Waals surface area contributed by atoms with Crippen molar-refractivity contribution in [3.05, 3.63) is 23.8 Å². The van der Waals surface area contributed by atoms with Gasteiger partial charge in [-0.2, -0.15) is 0 Å². The predicted octanol–water partition coefficient (Wildman–Crippen LogP) is 3.24. The zero-order valence-electron chi connectivity index (χ0n) is 18.0. The molecule has 1 aliphatic heterocycles. The molecule has 1 saturated heterocycles. The van der Waals surface area contributed by atoms with E-state index in [0.717, 1.165) is 24.8 Å². The first kappa shape index (κ1) is 20.4. The first-order chi connectivity index (χ1) is 14.2. The first-order valence-electron chi connectivity index (χ1n) is 11.4. The number of hydrogen-bond donors (Lipinski definition) is 2. The molecule has 2 N–H and O–H groups in total. The van der Waals surface area contributed by atoms with Crippen LogP contribution in [0, 0.1) is 28.6 Å². The molecule has 5 rings (SSSR count). The fourth-order valence-corrected chi connectivity index (χ4v) is 7.87. The van der Waals surface area contributed by atoms with E-state index in [2.05, 4.69) is 6.92 Å². The summed E-state index contributed by atoms with van der Waals surface area (Å²) in [7, 11) is 0. The fraction of sp³-hybridized carbons (Fsp3) is 0.750. The largest absolute Gasteiger partial charge is 0.479 e. The minimum Gasteiger partial charge on any atom is -0.479 e. The van der Waals surface area contributed by atoms with Crippen LogP contribution in [0.4, 0.5) is 0 Å². The molecule has 0 aromatic rings. The van der Waals surface area contributed by atoms with Crippen LogP contribution in [0.5, 0.6) is 0 Å². The third-order valence-electron chi connectivity index (χ3n) is 9.13. The summed E-state index contributed by atoms with van der Waals surface area (Å²) in [5, 5.41) is 21.8. The maximum atomic E-state index is 12.7. The van der Waals surface area contributed by atoms with Gasteiger partial charge in [0.1, 0.15) is 6.10 Å². The van der Waals surface area contributed by atoms with E-state index in [4.69, 9.17) is 9.47 Å². The monoisotopic (exact) mass is 416 g/mol. The van der Waals surface area contributed by atoms with E-state index >= 15 is 0 Å². The van der Waals surface area contributed by atoms with Gasteiger partial charge >= 0.3 is 5.97 Å². The number of ether oxygens (including phenoxy) is 2. The molecule has 30 heavy (non-hydrogen) atoms. The number of aliphatic hydroxyl groups is 1. The Hall–Kier alpha value is -1.50. The Morgan fingerprint density at radius 3 is 2.80 bits per heavy atom. The molecule has 5 aliphatic rings. The minimum atomic E-state index is -1.40. The van der Waals surface area contributed by atoms with Crippen molar-refractivity contribution in [3.8, 4) is 0 Å². The second-order valence-corrected chi connectivity index (χ2v) is 10.4. The number of rotatable bonds is 3. The Bertz CT molecular complexity index is 847. The third-order valence-corrected chi connectivity index (χ3v) is 9.13. The van der Waals surface area contributed by atoms with E-state index in [1.807, 2.05) is 19.9 Å². The van der Waals surface area contributed by atoms with Crippen LogP contribution < -0.4 is 0 Å². The van der Waals surface area contributed by atoms with Gasteiger partial charge in [-0.1, -0.05) is 38.8 Å². The Morgan fingerprint density at radius 1 is 1.33 bits per heavy atom. The summed E-state index contributed by atoms with van der Waals surface area (Å²) < 4.78 is 12.4. The van der Waals surface area contributed by atoms with Gasteiger partial charge in [-0.25, -0.2) is 4.79 Å². The lowest BCUT2D eigenvalue weighted by Crippen LogP contribution is -2.63. The lowest BCUT2D eigenvalue weighted by molar-refractivity contribution is -0.210. The molecule has 0 amide bonds. The maximum Gasteiger partial charge on any atom is 0.339 e. The topological polar surface area (TPSA) is 93.1 Å². The number of aliphatic carboxylic acids is 1. The molecular formula is C24H32O6. The van der Waals surface area contributed by atoms with Crippen LogP contribution in [0.15, 0.2) is 23.8 Å². The van der Waals surface area contributed by atoms with Gasteiger partial charge < -0.3 is 19.7 Å². The molecule has 164 valence electrons. The van der Waals surface area contributed by atoms with Crippen LogP contribution in [0.2, 0.25) is 0 Å². The lowest BCUT2D eigenvalue weighted by atomic mass is 9.46. The van der Waals surface area contributed by atoms with Crippen molar-refractivity contribution in [1.29, 1.82) is 0 Å². The normalized spacial score (nSPS) is 51.6. The maximum absolute atomic E-state index is 12.7. The molecule has 0 radical (unpaired) electrons. The zero-order valence-corrected chi connectivity index (χ0v) is 18.0. The average molecular weight is 417 g/mol. The van der Waals surface area contributed by atoms with Crippen molar-refractivity contribution in [2.75, 3.05) is 0 Å². The van der Waals surface area contributed by atoms with Crippen molar-refractivity contribution in [1.82, 2.24) is 0 Å². The number of ketones is 1. The summed E-state index contributed by atoms with van der Waals surface area (Å²) in [5.74, 6) is -0.722. The van der Waals surface area contributed by atoms with Crippen LogP contribution in [0.25, 0.3) is 0 Å². The van der Waals surface area contributed by atoms with E-state index in [1.54, 1.807) is 12.2 Å². The van der Waals surface area contributed by atoms with Gasteiger partial charge in [-0.3, -0.25) is 4.79 Å². The van der Waals surface area contributed by atoms with E-state index in [0.29, 0.717) is 19.3 Å². The van der Waals surface area contributed by atoms with Gasteiger partial charge in [0.25, 0.3) is 0 Å². The fourth-order valence-electron chi connectivity index (χ4n) is 7.87.